The quantitative estimate of drug-likeness (QED) is 0.638. The van der Waals surface area contributed by atoms with Crippen LogP contribution in [0.15, 0.2) is 17.0 Å². The summed E-state index contributed by atoms with van der Waals surface area (Å²) < 4.78 is 27.0. The molecule has 0 radical (unpaired) electrons. The van der Waals surface area contributed by atoms with Gasteiger partial charge in [0.15, 0.2) is 0 Å². The molecule has 0 amide bonds. The van der Waals surface area contributed by atoms with E-state index in [1.165, 1.54) is 17.3 Å². The third kappa shape index (κ3) is 3.77. The Morgan fingerprint density at radius 3 is 2.57 bits per heavy atom. The second kappa shape index (κ2) is 7.31. The van der Waals surface area contributed by atoms with E-state index < -0.39 is 14.9 Å². The average Bonchev–Trinajstić information content (AvgIpc) is 2.43. The van der Waals surface area contributed by atoms with E-state index in [0.717, 1.165) is 6.07 Å². The number of nitro groups is 1. The molecular formula is C13H19Cl2N3O4S. The lowest BCUT2D eigenvalue weighted by Crippen LogP contribution is -2.57. The first-order chi connectivity index (χ1) is 10.2. The highest BCUT2D eigenvalue weighted by molar-refractivity contribution is 7.89. The number of benzene rings is 1. The minimum absolute atomic E-state index is 0. The fourth-order valence-corrected chi connectivity index (χ4v) is 4.51. The van der Waals surface area contributed by atoms with Gasteiger partial charge in [0.25, 0.3) is 5.69 Å². The Hall–Kier alpha value is -0.930. The van der Waals surface area contributed by atoms with Crippen molar-refractivity contribution in [1.82, 2.24) is 9.62 Å². The lowest BCUT2D eigenvalue weighted by atomic mass is 10.1. The van der Waals surface area contributed by atoms with Gasteiger partial charge >= 0.3 is 0 Å². The molecule has 1 N–H and O–H groups in total. The van der Waals surface area contributed by atoms with Gasteiger partial charge in [-0.2, -0.15) is 4.31 Å². The lowest BCUT2D eigenvalue weighted by molar-refractivity contribution is -0.385. The number of nitro benzene ring substituents is 1. The molecule has 1 aliphatic heterocycles. The van der Waals surface area contributed by atoms with Gasteiger partial charge in [-0.1, -0.05) is 11.6 Å². The molecule has 1 saturated heterocycles. The van der Waals surface area contributed by atoms with Crippen molar-refractivity contribution in [2.24, 2.45) is 0 Å². The number of piperazine rings is 1. The van der Waals surface area contributed by atoms with Crippen LogP contribution in [0.5, 0.6) is 0 Å². The van der Waals surface area contributed by atoms with Crippen molar-refractivity contribution in [3.05, 3.63) is 32.8 Å². The molecule has 23 heavy (non-hydrogen) atoms. The first kappa shape index (κ1) is 20.1. The third-order valence-corrected chi connectivity index (χ3v) is 6.43. The van der Waals surface area contributed by atoms with Crippen LogP contribution >= 0.6 is 24.0 Å². The van der Waals surface area contributed by atoms with Gasteiger partial charge in [-0.05, 0) is 26.8 Å². The lowest BCUT2D eigenvalue weighted by Gasteiger charge is -2.37. The van der Waals surface area contributed by atoms with Gasteiger partial charge < -0.3 is 5.32 Å². The summed E-state index contributed by atoms with van der Waals surface area (Å²) in [4.78, 5) is 10.3. The number of halogens is 2. The van der Waals surface area contributed by atoms with E-state index in [9.17, 15) is 18.5 Å². The number of nitrogens with one attached hydrogen (secondary N) is 1. The molecule has 10 heteroatoms. The van der Waals surface area contributed by atoms with Crippen molar-refractivity contribution < 1.29 is 13.3 Å². The fraction of sp³-hybridized carbons (Fsp3) is 0.538. The van der Waals surface area contributed by atoms with Crippen LogP contribution in [0.2, 0.25) is 5.02 Å². The number of nitrogens with zero attached hydrogens (tertiary/aromatic N) is 2. The first-order valence-corrected chi connectivity index (χ1v) is 8.68. The Morgan fingerprint density at radius 1 is 1.39 bits per heavy atom. The molecule has 0 aliphatic carbocycles. The standard InChI is InChI=1S/C13H18ClN3O4S.ClH/c1-8-12(14)6-11(7-13(8)17(18)19)22(20,21)16-5-4-15-9(2)10(16)3;/h6-7,9-10,15H,4-5H2,1-3H3;1H. The smallest absolute Gasteiger partial charge is 0.275 e. The Labute approximate surface area is 146 Å². The van der Waals surface area contributed by atoms with Crippen LogP contribution in [0.1, 0.15) is 19.4 Å². The number of sulfonamides is 1. The maximum absolute atomic E-state index is 12.8. The highest BCUT2D eigenvalue weighted by atomic mass is 35.5. The second-order valence-corrected chi connectivity index (χ2v) is 7.70. The highest BCUT2D eigenvalue weighted by Gasteiger charge is 2.35. The Kier molecular flexibility index (Phi) is 6.39. The summed E-state index contributed by atoms with van der Waals surface area (Å²) in [6.07, 6.45) is 0. The van der Waals surface area contributed by atoms with E-state index in [-0.39, 0.29) is 45.7 Å². The van der Waals surface area contributed by atoms with Crippen LogP contribution in [0, 0.1) is 17.0 Å². The predicted octanol–water partition coefficient (Wildman–Crippen LogP) is 2.35. The summed E-state index contributed by atoms with van der Waals surface area (Å²) in [5.74, 6) is 0. The summed E-state index contributed by atoms with van der Waals surface area (Å²) in [5.41, 5.74) is -0.0331. The fourth-order valence-electron chi connectivity index (χ4n) is 2.48. The summed E-state index contributed by atoms with van der Waals surface area (Å²) in [6.45, 7) is 6.04. The van der Waals surface area contributed by atoms with E-state index in [0.29, 0.717) is 13.1 Å². The van der Waals surface area contributed by atoms with Gasteiger partial charge in [0, 0.05) is 36.8 Å². The third-order valence-electron chi connectivity index (χ3n) is 4.07. The molecule has 0 spiro atoms. The van der Waals surface area contributed by atoms with E-state index in [1.807, 2.05) is 6.92 Å². The van der Waals surface area contributed by atoms with Gasteiger partial charge in [0.1, 0.15) is 0 Å². The SMILES string of the molecule is Cc1c(Cl)cc(S(=O)(=O)N2CCNC(C)C2C)cc1[N+](=O)[O-].Cl. The van der Waals surface area contributed by atoms with Crippen LogP contribution in [-0.2, 0) is 10.0 Å². The van der Waals surface area contributed by atoms with E-state index in [2.05, 4.69) is 5.32 Å². The molecule has 2 atom stereocenters. The molecule has 1 fully saturated rings. The monoisotopic (exact) mass is 383 g/mol. The zero-order valence-electron chi connectivity index (χ0n) is 12.9. The Balaban J connectivity index is 0.00000264. The number of hydrogen-bond donors (Lipinski definition) is 1. The van der Waals surface area contributed by atoms with Crippen molar-refractivity contribution in [3.8, 4) is 0 Å². The first-order valence-electron chi connectivity index (χ1n) is 6.86. The van der Waals surface area contributed by atoms with Gasteiger partial charge in [-0.15, -0.1) is 12.4 Å². The molecular weight excluding hydrogens is 365 g/mol. The molecule has 0 bridgehead atoms. The average molecular weight is 384 g/mol. The van der Waals surface area contributed by atoms with Crippen molar-refractivity contribution in [3.63, 3.8) is 0 Å². The molecule has 1 aromatic rings. The van der Waals surface area contributed by atoms with Crippen LogP contribution in [0.3, 0.4) is 0 Å². The van der Waals surface area contributed by atoms with Crippen LogP contribution in [0.4, 0.5) is 5.69 Å². The van der Waals surface area contributed by atoms with Crippen LogP contribution in [-0.4, -0.2) is 42.8 Å². The van der Waals surface area contributed by atoms with Crippen LogP contribution < -0.4 is 5.32 Å². The topological polar surface area (TPSA) is 92.6 Å². The van der Waals surface area contributed by atoms with Gasteiger partial charge in [0.05, 0.1) is 14.8 Å². The summed E-state index contributed by atoms with van der Waals surface area (Å²) in [5, 5.41) is 14.3. The normalized spacial score (nSPS) is 22.4. The van der Waals surface area contributed by atoms with Crippen molar-refractivity contribution >= 4 is 39.7 Å². The Bertz CT molecular complexity index is 711. The number of hydrogen-bond acceptors (Lipinski definition) is 5. The zero-order chi connectivity index (χ0) is 16.7. The maximum atomic E-state index is 12.8. The molecule has 1 aliphatic rings. The summed E-state index contributed by atoms with van der Waals surface area (Å²) in [6, 6.07) is 2.10. The summed E-state index contributed by atoms with van der Waals surface area (Å²) >= 11 is 5.97. The minimum atomic E-state index is -3.83. The minimum Gasteiger partial charge on any atom is -0.311 e. The Morgan fingerprint density at radius 2 is 2.00 bits per heavy atom. The predicted molar refractivity (Wildman–Crippen MR) is 90.9 cm³/mol. The van der Waals surface area contributed by atoms with Crippen molar-refractivity contribution in [2.75, 3.05) is 13.1 Å². The summed E-state index contributed by atoms with van der Waals surface area (Å²) in [7, 11) is -3.83. The molecule has 130 valence electrons. The van der Waals surface area contributed by atoms with Gasteiger partial charge in [0.2, 0.25) is 10.0 Å². The molecule has 2 rings (SSSR count). The van der Waals surface area contributed by atoms with Crippen molar-refractivity contribution in [2.45, 2.75) is 37.8 Å². The van der Waals surface area contributed by atoms with Crippen LogP contribution in [0.25, 0.3) is 0 Å². The molecule has 1 heterocycles. The molecule has 1 aromatic carbocycles. The largest absolute Gasteiger partial charge is 0.311 e. The second-order valence-electron chi connectivity index (χ2n) is 5.41. The number of rotatable bonds is 3. The molecule has 2 unspecified atom stereocenters. The maximum Gasteiger partial charge on any atom is 0.275 e. The van der Waals surface area contributed by atoms with E-state index in [4.69, 9.17) is 11.6 Å². The van der Waals surface area contributed by atoms with Gasteiger partial charge in [-0.3, -0.25) is 10.1 Å². The van der Waals surface area contributed by atoms with Crippen molar-refractivity contribution in [1.29, 1.82) is 0 Å². The van der Waals surface area contributed by atoms with E-state index in [1.54, 1.807) is 6.92 Å². The highest BCUT2D eigenvalue weighted by Crippen LogP contribution is 2.31. The zero-order valence-corrected chi connectivity index (χ0v) is 15.3. The van der Waals surface area contributed by atoms with E-state index >= 15 is 0 Å². The molecule has 0 saturated carbocycles. The molecule has 7 nitrogen and oxygen atoms in total. The van der Waals surface area contributed by atoms with Gasteiger partial charge in [-0.25, -0.2) is 8.42 Å². The molecule has 0 aromatic heterocycles.